The molecular formula is C9H12N6O12. The molecule has 0 aliphatic rings. The Hall–Kier alpha value is -4.77. The Balaban J connectivity index is -0.000000285. The van der Waals surface area contributed by atoms with Crippen LogP contribution in [0.3, 0.4) is 0 Å². The summed E-state index contributed by atoms with van der Waals surface area (Å²) in [5, 5.41) is 49.0. The third kappa shape index (κ3) is 44.9. The Morgan fingerprint density at radius 2 is 0.593 bits per heavy atom. The first-order valence-corrected chi connectivity index (χ1v) is 5.62. The highest BCUT2D eigenvalue weighted by molar-refractivity contribution is 5.85. The number of hydrogen-bond acceptors (Lipinski definition) is 9. The molecule has 0 saturated heterocycles. The quantitative estimate of drug-likeness (QED) is 0.271. The highest BCUT2D eigenvalue weighted by Crippen LogP contribution is 1.60. The second kappa shape index (κ2) is 17.6. The van der Waals surface area contributed by atoms with Gasteiger partial charge in [-0.3, -0.25) is 0 Å². The lowest BCUT2D eigenvalue weighted by Gasteiger charge is -1.85. The third-order valence-corrected chi connectivity index (χ3v) is 1.04. The van der Waals surface area contributed by atoms with E-state index in [-0.39, 0.29) is 0 Å². The van der Waals surface area contributed by atoms with Gasteiger partial charge in [0.1, 0.15) is 19.0 Å². The Morgan fingerprint density at radius 3 is 0.630 bits per heavy atom. The van der Waals surface area contributed by atoms with Gasteiger partial charge >= 0.3 is 36.6 Å². The summed E-state index contributed by atoms with van der Waals surface area (Å²) in [7, 11) is 0. The number of rotatable bonds is 0. The van der Waals surface area contributed by atoms with Crippen molar-refractivity contribution >= 4 is 36.6 Å². The molecule has 0 saturated carbocycles. The summed E-state index contributed by atoms with van der Waals surface area (Å²) in [4.78, 5) is 66.6. The van der Waals surface area contributed by atoms with Gasteiger partial charge in [-0.05, 0) is 0 Å². The second-order valence-electron chi connectivity index (χ2n) is 3.00. The lowest BCUT2D eigenvalue weighted by atomic mass is 11.0. The van der Waals surface area contributed by atoms with Gasteiger partial charge in [0.2, 0.25) is 0 Å². The Labute approximate surface area is 147 Å². The summed E-state index contributed by atoms with van der Waals surface area (Å²) in [6, 6.07) is 0. The number of nitrogens with one attached hydrogen (secondary N) is 3. The number of carbonyl (C=O) groups is 6. The molecule has 1 rings (SSSR count). The van der Waals surface area contributed by atoms with E-state index in [1.807, 2.05) is 0 Å². The van der Waals surface area contributed by atoms with Crippen molar-refractivity contribution in [2.75, 3.05) is 0 Å². The lowest BCUT2D eigenvalue weighted by Crippen LogP contribution is -2.26. The van der Waals surface area contributed by atoms with Crippen molar-refractivity contribution in [3.63, 3.8) is 0 Å². The number of hydrogen-bond donors (Lipinski definition) is 9. The van der Waals surface area contributed by atoms with Crippen molar-refractivity contribution in [3.05, 3.63) is 19.0 Å². The minimum atomic E-state index is -1.56. The van der Waals surface area contributed by atoms with E-state index >= 15 is 0 Å². The lowest BCUT2D eigenvalue weighted by molar-refractivity contribution is 0.172. The molecule has 27 heavy (non-hydrogen) atoms. The van der Waals surface area contributed by atoms with Crippen LogP contribution in [0.15, 0.2) is 19.0 Å². The zero-order valence-electron chi connectivity index (χ0n) is 12.7. The minimum absolute atomic E-state index is 1.14. The zero-order chi connectivity index (χ0) is 21.8. The van der Waals surface area contributed by atoms with Gasteiger partial charge in [-0.1, -0.05) is 0 Å². The minimum Gasteiger partial charge on any atom is -0.465 e. The molecule has 9 N–H and O–H groups in total. The van der Waals surface area contributed by atoms with Gasteiger partial charge in [0, 0.05) is 0 Å². The van der Waals surface area contributed by atoms with Crippen LogP contribution in [-0.4, -0.2) is 82.2 Å². The highest BCUT2D eigenvalue weighted by Gasteiger charge is 1.98. The Kier molecular flexibility index (Phi) is 17.6. The molecule has 18 nitrogen and oxygen atoms in total. The standard InChI is InChI=1S/C3H3N3.3C2H3NO4/c1-4-2-6-3-5-1;3*4-1(5)3-2(6)7/h1-3H;3*3H,(H,4,5)(H,6,7). The molecule has 0 radical (unpaired) electrons. The molecule has 0 fully saturated rings. The molecule has 0 aromatic carbocycles. The first kappa shape index (κ1) is 27.1. The smallest absolute Gasteiger partial charge is 0.414 e. The summed E-state index contributed by atoms with van der Waals surface area (Å²) in [5.41, 5.74) is 0. The predicted molar refractivity (Wildman–Crippen MR) is 77.4 cm³/mol. The molecule has 6 amide bonds. The molecule has 0 atom stereocenters. The maximum absolute atomic E-state index is 9.32. The summed E-state index contributed by atoms with van der Waals surface area (Å²) >= 11 is 0. The molecule has 1 heterocycles. The van der Waals surface area contributed by atoms with Crippen LogP contribution in [-0.2, 0) is 0 Å². The van der Waals surface area contributed by atoms with Crippen molar-refractivity contribution in [3.8, 4) is 0 Å². The van der Waals surface area contributed by atoms with E-state index in [0.29, 0.717) is 0 Å². The first-order valence-electron chi connectivity index (χ1n) is 5.62. The van der Waals surface area contributed by atoms with E-state index in [1.165, 1.54) is 19.0 Å². The van der Waals surface area contributed by atoms with Gasteiger partial charge in [0.25, 0.3) is 0 Å². The van der Waals surface area contributed by atoms with Gasteiger partial charge in [-0.2, -0.15) is 0 Å². The van der Waals surface area contributed by atoms with Crippen LogP contribution in [0, 0.1) is 0 Å². The molecule has 0 spiro atoms. The number of carboxylic acid groups (broad SMARTS) is 6. The van der Waals surface area contributed by atoms with Gasteiger partial charge in [0.05, 0.1) is 0 Å². The maximum Gasteiger partial charge on any atom is 0.414 e. The summed E-state index contributed by atoms with van der Waals surface area (Å²) < 4.78 is 0. The van der Waals surface area contributed by atoms with E-state index in [9.17, 15) is 28.8 Å². The molecule has 18 heteroatoms. The van der Waals surface area contributed by atoms with Crippen LogP contribution in [0.5, 0.6) is 0 Å². The van der Waals surface area contributed by atoms with Crippen molar-refractivity contribution in [1.29, 1.82) is 0 Å². The van der Waals surface area contributed by atoms with Crippen molar-refractivity contribution < 1.29 is 59.4 Å². The average Bonchev–Trinajstić information content (AvgIpc) is 2.46. The molecule has 0 unspecified atom stereocenters. The fourth-order valence-electron chi connectivity index (χ4n) is 0.479. The normalized spacial score (nSPS) is 7.56. The molecule has 0 aliphatic carbocycles. The van der Waals surface area contributed by atoms with Crippen molar-refractivity contribution in [2.45, 2.75) is 0 Å². The second-order valence-corrected chi connectivity index (χ2v) is 3.00. The van der Waals surface area contributed by atoms with E-state index < -0.39 is 36.6 Å². The molecule has 1 aromatic heterocycles. The van der Waals surface area contributed by atoms with E-state index in [1.54, 1.807) is 0 Å². The molecule has 1 aromatic rings. The van der Waals surface area contributed by atoms with E-state index in [0.717, 1.165) is 16.0 Å². The topological polar surface area (TPSA) is 299 Å². The number of amides is 6. The Morgan fingerprint density at radius 1 is 0.444 bits per heavy atom. The van der Waals surface area contributed by atoms with Crippen LogP contribution < -0.4 is 16.0 Å². The van der Waals surface area contributed by atoms with Crippen LogP contribution in [0.1, 0.15) is 0 Å². The van der Waals surface area contributed by atoms with Gasteiger partial charge in [0.15, 0.2) is 0 Å². The van der Waals surface area contributed by atoms with E-state index in [4.69, 9.17) is 30.6 Å². The third-order valence-electron chi connectivity index (χ3n) is 1.04. The van der Waals surface area contributed by atoms with Crippen LogP contribution >= 0.6 is 0 Å². The SMILES string of the molecule is O=C(O)NC(=O)O.O=C(O)NC(=O)O.O=C(O)NC(=O)O.c1ncncn1. The zero-order valence-corrected chi connectivity index (χ0v) is 12.7. The molecule has 0 aliphatic heterocycles. The number of aromatic nitrogens is 3. The maximum atomic E-state index is 9.32. The summed E-state index contributed by atoms with van der Waals surface area (Å²) in [6.07, 6.45) is -5.06. The van der Waals surface area contributed by atoms with Gasteiger partial charge in [-0.15, -0.1) is 0 Å². The van der Waals surface area contributed by atoms with Crippen LogP contribution in [0.25, 0.3) is 0 Å². The van der Waals surface area contributed by atoms with Gasteiger partial charge < -0.3 is 30.6 Å². The molecule has 0 bridgehead atoms. The molecule has 150 valence electrons. The highest BCUT2D eigenvalue weighted by atomic mass is 16.4. The van der Waals surface area contributed by atoms with Gasteiger partial charge in [-0.25, -0.2) is 59.7 Å². The number of nitrogens with zero attached hydrogens (tertiary/aromatic N) is 3. The monoisotopic (exact) mass is 396 g/mol. The Bertz CT molecular complexity index is 499. The largest absolute Gasteiger partial charge is 0.465 e. The van der Waals surface area contributed by atoms with Crippen LogP contribution in [0.2, 0.25) is 0 Å². The van der Waals surface area contributed by atoms with Crippen LogP contribution in [0.4, 0.5) is 28.8 Å². The fraction of sp³-hybridized carbons (Fsp3) is 0. The van der Waals surface area contributed by atoms with E-state index in [2.05, 4.69) is 15.0 Å². The fourth-order valence-corrected chi connectivity index (χ4v) is 0.479. The number of imide groups is 3. The van der Waals surface area contributed by atoms with Crippen molar-refractivity contribution in [2.24, 2.45) is 0 Å². The summed E-state index contributed by atoms with van der Waals surface area (Å²) in [5.74, 6) is 0. The predicted octanol–water partition coefficient (Wildman–Crippen LogP) is -0.332. The average molecular weight is 396 g/mol. The van der Waals surface area contributed by atoms with Crippen molar-refractivity contribution in [1.82, 2.24) is 30.9 Å². The summed E-state index contributed by atoms with van der Waals surface area (Å²) in [6.45, 7) is 0. The first-order chi connectivity index (χ1) is 12.4. The molecular weight excluding hydrogens is 384 g/mol.